The van der Waals surface area contributed by atoms with Crippen LogP contribution in [-0.4, -0.2) is 23.0 Å². The van der Waals surface area contributed by atoms with Gasteiger partial charge in [0.05, 0.1) is 23.1 Å². The van der Waals surface area contributed by atoms with Crippen molar-refractivity contribution < 1.29 is 9.53 Å². The average molecular weight is 331 g/mol. The van der Waals surface area contributed by atoms with E-state index in [-0.39, 0.29) is 5.91 Å². The molecule has 2 heterocycles. The molecule has 0 saturated carbocycles. The van der Waals surface area contributed by atoms with Crippen LogP contribution in [0, 0.1) is 6.92 Å². The SMILES string of the molecule is COc1ccccc1NC(=O)c1sc2[nH]c(=O)[nH]c(=O)c2c1C. The Kier molecular flexibility index (Phi) is 3.75. The van der Waals surface area contributed by atoms with Crippen molar-refractivity contribution in [3.05, 3.63) is 55.5 Å². The zero-order chi connectivity index (χ0) is 16.6. The second-order valence-electron chi connectivity index (χ2n) is 4.82. The minimum Gasteiger partial charge on any atom is -0.495 e. The average Bonchev–Trinajstić information content (AvgIpc) is 2.84. The van der Waals surface area contributed by atoms with E-state index in [1.807, 2.05) is 0 Å². The lowest BCUT2D eigenvalue weighted by molar-refractivity contribution is 0.102. The molecule has 0 radical (unpaired) electrons. The fourth-order valence-electron chi connectivity index (χ4n) is 2.32. The molecule has 0 fully saturated rings. The molecule has 3 rings (SSSR count). The number of hydrogen-bond donors (Lipinski definition) is 3. The number of hydrogen-bond acceptors (Lipinski definition) is 5. The summed E-state index contributed by atoms with van der Waals surface area (Å²) in [6.45, 7) is 1.67. The Morgan fingerprint density at radius 3 is 2.70 bits per heavy atom. The third-order valence-electron chi connectivity index (χ3n) is 3.39. The summed E-state index contributed by atoms with van der Waals surface area (Å²) in [7, 11) is 1.51. The second kappa shape index (κ2) is 5.73. The number of aromatic amines is 2. The Labute approximate surface area is 133 Å². The van der Waals surface area contributed by atoms with E-state index < -0.39 is 11.2 Å². The molecule has 0 atom stereocenters. The van der Waals surface area contributed by atoms with Crippen molar-refractivity contribution in [1.29, 1.82) is 0 Å². The molecular weight excluding hydrogens is 318 g/mol. The van der Waals surface area contributed by atoms with Crippen LogP contribution >= 0.6 is 11.3 Å². The molecule has 7 nitrogen and oxygen atoms in total. The van der Waals surface area contributed by atoms with E-state index in [0.717, 1.165) is 11.3 Å². The highest BCUT2D eigenvalue weighted by atomic mass is 32.1. The number of aromatic nitrogens is 2. The molecule has 3 aromatic rings. The number of fused-ring (bicyclic) bond motifs is 1. The molecule has 0 saturated heterocycles. The number of carbonyl (C=O) groups excluding carboxylic acids is 1. The van der Waals surface area contributed by atoms with Crippen molar-refractivity contribution in [2.75, 3.05) is 12.4 Å². The van der Waals surface area contributed by atoms with Gasteiger partial charge in [-0.2, -0.15) is 0 Å². The molecule has 23 heavy (non-hydrogen) atoms. The quantitative estimate of drug-likeness (QED) is 0.681. The minimum atomic E-state index is -0.597. The van der Waals surface area contributed by atoms with Crippen molar-refractivity contribution in [3.63, 3.8) is 0 Å². The van der Waals surface area contributed by atoms with E-state index >= 15 is 0 Å². The predicted molar refractivity (Wildman–Crippen MR) is 88.8 cm³/mol. The number of ether oxygens (including phenoxy) is 1. The van der Waals surface area contributed by atoms with Gasteiger partial charge in [0.2, 0.25) is 0 Å². The number of carbonyl (C=O) groups is 1. The predicted octanol–water partition coefficient (Wildman–Crippen LogP) is 1.85. The van der Waals surface area contributed by atoms with Gasteiger partial charge in [0, 0.05) is 0 Å². The summed E-state index contributed by atoms with van der Waals surface area (Å²) in [6, 6.07) is 7.02. The van der Waals surface area contributed by atoms with Crippen molar-refractivity contribution in [3.8, 4) is 5.75 Å². The van der Waals surface area contributed by atoms with Crippen LogP contribution in [0.2, 0.25) is 0 Å². The van der Waals surface area contributed by atoms with Crippen LogP contribution in [-0.2, 0) is 0 Å². The lowest BCUT2D eigenvalue weighted by Crippen LogP contribution is -2.21. The Balaban J connectivity index is 2.05. The lowest BCUT2D eigenvalue weighted by atomic mass is 10.2. The van der Waals surface area contributed by atoms with Crippen molar-refractivity contribution in [2.24, 2.45) is 0 Å². The molecule has 0 aliphatic carbocycles. The van der Waals surface area contributed by atoms with Gasteiger partial charge in [-0.25, -0.2) is 4.79 Å². The first kappa shape index (κ1) is 15.0. The van der Waals surface area contributed by atoms with E-state index in [1.165, 1.54) is 7.11 Å². The van der Waals surface area contributed by atoms with Crippen LogP contribution in [0.3, 0.4) is 0 Å². The van der Waals surface area contributed by atoms with Crippen molar-refractivity contribution in [2.45, 2.75) is 6.92 Å². The van der Waals surface area contributed by atoms with Gasteiger partial charge in [-0.15, -0.1) is 11.3 Å². The Morgan fingerprint density at radius 2 is 1.96 bits per heavy atom. The number of anilines is 1. The van der Waals surface area contributed by atoms with Crippen molar-refractivity contribution >= 4 is 33.1 Å². The number of H-pyrrole nitrogens is 2. The van der Waals surface area contributed by atoms with Crippen LogP contribution in [0.1, 0.15) is 15.2 Å². The van der Waals surface area contributed by atoms with E-state index in [2.05, 4.69) is 15.3 Å². The number of aryl methyl sites for hydroxylation is 1. The van der Waals surface area contributed by atoms with Gasteiger partial charge >= 0.3 is 5.69 Å². The summed E-state index contributed by atoms with van der Waals surface area (Å²) in [5.41, 5.74) is -0.0524. The summed E-state index contributed by atoms with van der Waals surface area (Å²) in [6.07, 6.45) is 0. The van der Waals surface area contributed by atoms with Gasteiger partial charge in [-0.3, -0.25) is 19.6 Å². The van der Waals surface area contributed by atoms with Crippen molar-refractivity contribution in [1.82, 2.24) is 9.97 Å². The summed E-state index contributed by atoms with van der Waals surface area (Å²) < 4.78 is 5.19. The number of benzene rings is 1. The number of thiophene rings is 1. The summed E-state index contributed by atoms with van der Waals surface area (Å²) >= 11 is 1.06. The molecule has 118 valence electrons. The first-order chi connectivity index (χ1) is 11.0. The molecular formula is C15H13N3O4S. The largest absolute Gasteiger partial charge is 0.495 e. The highest BCUT2D eigenvalue weighted by Gasteiger charge is 2.19. The van der Waals surface area contributed by atoms with Crippen LogP contribution < -0.4 is 21.3 Å². The normalized spacial score (nSPS) is 10.7. The topological polar surface area (TPSA) is 104 Å². The minimum absolute atomic E-state index is 0.319. The molecule has 8 heteroatoms. The zero-order valence-corrected chi connectivity index (χ0v) is 13.2. The Hall–Kier alpha value is -2.87. The molecule has 0 bridgehead atoms. The zero-order valence-electron chi connectivity index (χ0n) is 12.4. The molecule has 2 aromatic heterocycles. The van der Waals surface area contributed by atoms with Gasteiger partial charge in [0.15, 0.2) is 0 Å². The first-order valence-electron chi connectivity index (χ1n) is 6.71. The maximum atomic E-state index is 12.5. The van der Waals surface area contributed by atoms with Gasteiger partial charge in [-0.05, 0) is 24.6 Å². The lowest BCUT2D eigenvalue weighted by Gasteiger charge is -2.09. The maximum Gasteiger partial charge on any atom is 0.326 e. The molecule has 1 aromatic carbocycles. The van der Waals surface area contributed by atoms with Gasteiger partial charge in [-0.1, -0.05) is 12.1 Å². The number of nitrogens with one attached hydrogen (secondary N) is 3. The first-order valence-corrected chi connectivity index (χ1v) is 7.53. The summed E-state index contributed by atoms with van der Waals surface area (Å²) in [5, 5.41) is 3.08. The second-order valence-corrected chi connectivity index (χ2v) is 5.84. The van der Waals surface area contributed by atoms with Gasteiger partial charge in [0.25, 0.3) is 11.5 Å². The standard InChI is InChI=1S/C15H13N3O4S/c1-7-10-12(19)17-15(21)18-14(10)23-11(7)13(20)16-8-5-3-4-6-9(8)22-2/h3-6H,1-2H3,(H,16,20)(H2,17,18,19,21). The number of para-hydroxylation sites is 2. The fourth-order valence-corrected chi connectivity index (χ4v) is 3.41. The fraction of sp³-hybridized carbons (Fsp3) is 0.133. The highest BCUT2D eigenvalue weighted by Crippen LogP contribution is 2.29. The highest BCUT2D eigenvalue weighted by molar-refractivity contribution is 7.20. The number of methoxy groups -OCH3 is 1. The van der Waals surface area contributed by atoms with Crippen LogP contribution in [0.5, 0.6) is 5.75 Å². The van der Waals surface area contributed by atoms with E-state index in [4.69, 9.17) is 4.74 Å². The van der Waals surface area contributed by atoms with Crippen LogP contribution in [0.25, 0.3) is 10.2 Å². The third-order valence-corrected chi connectivity index (χ3v) is 4.60. The van der Waals surface area contributed by atoms with Crippen LogP contribution in [0.15, 0.2) is 33.9 Å². The smallest absolute Gasteiger partial charge is 0.326 e. The molecule has 1 amide bonds. The third kappa shape index (κ3) is 2.64. The number of amides is 1. The monoisotopic (exact) mass is 331 g/mol. The molecule has 0 aliphatic heterocycles. The molecule has 3 N–H and O–H groups in total. The van der Waals surface area contributed by atoms with Gasteiger partial charge in [0.1, 0.15) is 10.6 Å². The molecule has 0 aliphatic rings. The summed E-state index contributed by atoms with van der Waals surface area (Å²) in [5.74, 6) is 0.166. The Bertz CT molecular complexity index is 1020. The summed E-state index contributed by atoms with van der Waals surface area (Å²) in [4.78, 5) is 41.2. The van der Waals surface area contributed by atoms with E-state index in [9.17, 15) is 14.4 Å². The molecule has 0 unspecified atom stereocenters. The van der Waals surface area contributed by atoms with E-state index in [1.54, 1.807) is 31.2 Å². The van der Waals surface area contributed by atoms with Crippen LogP contribution in [0.4, 0.5) is 5.69 Å². The van der Waals surface area contributed by atoms with Gasteiger partial charge < -0.3 is 10.1 Å². The number of rotatable bonds is 3. The Morgan fingerprint density at radius 1 is 1.22 bits per heavy atom. The maximum absolute atomic E-state index is 12.5. The van der Waals surface area contributed by atoms with E-state index in [0.29, 0.717) is 32.1 Å². The molecule has 0 spiro atoms.